The summed E-state index contributed by atoms with van der Waals surface area (Å²) in [5.41, 5.74) is -1.11. The Kier molecular flexibility index (Phi) is 4.02. The molecule has 10 atom stereocenters. The maximum atomic E-state index is 12.4. The molecule has 7 rings (SSSR count). The number of ether oxygens (including phenoxy) is 4. The first kappa shape index (κ1) is 21.5. The lowest BCUT2D eigenvalue weighted by Crippen LogP contribution is -2.85. The molecule has 0 radical (unpaired) electrons. The standard InChI is InChI=1S/C25H36O7/c1-12-14-9-15-17-23-11-29-25(28,24(17,10-14)19(12)27)20(30-13(2)26)18(23)21(3,4)8-7-16(23)32-22(5,6)31-15/h14-20,27-28H,1,7-11H2,2-6H3/t14-,15+,16+,17+,18-,19-,20+,23+,24+,25-/m1/s1. The average molecular weight is 449 g/mol. The minimum atomic E-state index is -1.82. The molecule has 178 valence electrons. The van der Waals surface area contributed by atoms with Gasteiger partial charge in [0.05, 0.1) is 30.3 Å². The van der Waals surface area contributed by atoms with Gasteiger partial charge in [0.1, 0.15) is 0 Å². The Morgan fingerprint density at radius 3 is 2.59 bits per heavy atom. The Morgan fingerprint density at radius 1 is 1.19 bits per heavy atom. The predicted octanol–water partition coefficient (Wildman–Crippen LogP) is 2.54. The van der Waals surface area contributed by atoms with Gasteiger partial charge in [-0.1, -0.05) is 20.4 Å². The summed E-state index contributed by atoms with van der Waals surface area (Å²) in [5, 5.41) is 24.1. The molecule has 4 saturated carbocycles. The highest BCUT2D eigenvalue weighted by molar-refractivity contribution is 5.66. The third kappa shape index (κ3) is 2.19. The van der Waals surface area contributed by atoms with Crippen molar-refractivity contribution in [2.45, 2.75) is 96.3 Å². The lowest BCUT2D eigenvalue weighted by atomic mass is 9.35. The monoisotopic (exact) mass is 448 g/mol. The van der Waals surface area contributed by atoms with Crippen LogP contribution < -0.4 is 0 Å². The molecule has 7 fully saturated rings. The molecule has 0 amide bonds. The van der Waals surface area contributed by atoms with Gasteiger partial charge >= 0.3 is 5.97 Å². The van der Waals surface area contributed by atoms with Crippen molar-refractivity contribution in [1.82, 2.24) is 0 Å². The molecule has 4 aliphatic carbocycles. The van der Waals surface area contributed by atoms with Crippen LogP contribution in [0.5, 0.6) is 0 Å². The second-order valence-electron chi connectivity index (χ2n) is 12.4. The summed E-state index contributed by atoms with van der Waals surface area (Å²) in [6, 6.07) is 0. The molecule has 3 saturated heterocycles. The Hall–Kier alpha value is -0.990. The number of hydrogen-bond acceptors (Lipinski definition) is 7. The Labute approximate surface area is 189 Å². The molecule has 0 aromatic heterocycles. The van der Waals surface area contributed by atoms with Crippen LogP contribution in [0.2, 0.25) is 0 Å². The molecule has 2 spiro atoms. The van der Waals surface area contributed by atoms with Crippen molar-refractivity contribution >= 4 is 5.97 Å². The molecule has 0 aromatic rings. The number of carbonyl (C=O) groups is 1. The zero-order valence-corrected chi connectivity index (χ0v) is 19.7. The van der Waals surface area contributed by atoms with Crippen molar-refractivity contribution in [3.63, 3.8) is 0 Å². The van der Waals surface area contributed by atoms with E-state index in [-0.39, 0.29) is 35.4 Å². The van der Waals surface area contributed by atoms with Crippen LogP contribution in [0.1, 0.15) is 60.3 Å². The highest BCUT2D eigenvalue weighted by Gasteiger charge is 2.87. The molecule has 7 heteroatoms. The summed E-state index contributed by atoms with van der Waals surface area (Å²) in [7, 11) is 0. The van der Waals surface area contributed by atoms with E-state index in [0.717, 1.165) is 24.8 Å². The van der Waals surface area contributed by atoms with Gasteiger partial charge in [0.15, 0.2) is 11.9 Å². The van der Waals surface area contributed by atoms with Gasteiger partial charge in [-0.05, 0) is 56.4 Å². The number of esters is 1. The summed E-state index contributed by atoms with van der Waals surface area (Å²) in [5.74, 6) is -3.46. The second kappa shape index (κ2) is 5.98. The Balaban J connectivity index is 1.67. The van der Waals surface area contributed by atoms with Gasteiger partial charge in [-0.2, -0.15) is 0 Å². The van der Waals surface area contributed by atoms with Crippen molar-refractivity contribution < 1.29 is 34.0 Å². The summed E-state index contributed by atoms with van der Waals surface area (Å²) < 4.78 is 25.6. The summed E-state index contributed by atoms with van der Waals surface area (Å²) in [6.45, 7) is 14.2. The molecule has 3 heterocycles. The van der Waals surface area contributed by atoms with Gasteiger partial charge < -0.3 is 29.2 Å². The van der Waals surface area contributed by atoms with Gasteiger partial charge in [0.2, 0.25) is 5.79 Å². The molecule has 0 unspecified atom stereocenters. The summed E-state index contributed by atoms with van der Waals surface area (Å²) >= 11 is 0. The molecule has 4 bridgehead atoms. The molecule has 3 aliphatic heterocycles. The van der Waals surface area contributed by atoms with E-state index in [1.807, 2.05) is 13.8 Å². The minimum Gasteiger partial charge on any atom is -0.456 e. The average Bonchev–Trinajstić information content (AvgIpc) is 2.80. The highest BCUT2D eigenvalue weighted by Crippen LogP contribution is 2.79. The lowest BCUT2D eigenvalue weighted by molar-refractivity contribution is -0.468. The van der Waals surface area contributed by atoms with Crippen molar-refractivity contribution in [2.24, 2.45) is 34.0 Å². The first-order valence-corrected chi connectivity index (χ1v) is 12.1. The van der Waals surface area contributed by atoms with Crippen molar-refractivity contribution in [3.8, 4) is 0 Å². The maximum Gasteiger partial charge on any atom is 0.303 e. The number of aliphatic hydroxyl groups excluding tert-OH is 1. The SMILES string of the molecule is C=C1[C@@H]2C[C@@H]3OC(C)(C)O[C@H]4CCC(C)(C)[C@H]5[C@H](OC(C)=O)[C@@]6(O)OC[C@@]45[C@H]3[C@@]6(C2)[C@@H]1O. The van der Waals surface area contributed by atoms with Crippen LogP contribution in [0, 0.1) is 34.0 Å². The fourth-order valence-electron chi connectivity index (χ4n) is 9.38. The first-order valence-electron chi connectivity index (χ1n) is 12.1. The van der Waals surface area contributed by atoms with Crippen LogP contribution in [0.15, 0.2) is 12.2 Å². The zero-order chi connectivity index (χ0) is 23.1. The third-order valence-electron chi connectivity index (χ3n) is 10.1. The number of aliphatic hydroxyl groups is 2. The normalized spacial score (nSPS) is 56.3. The van der Waals surface area contributed by atoms with Gasteiger partial charge in [-0.15, -0.1) is 0 Å². The van der Waals surface area contributed by atoms with Gasteiger partial charge in [-0.25, -0.2) is 0 Å². The smallest absolute Gasteiger partial charge is 0.303 e. The van der Waals surface area contributed by atoms with Gasteiger partial charge in [-0.3, -0.25) is 4.79 Å². The van der Waals surface area contributed by atoms with E-state index >= 15 is 0 Å². The number of carbonyl (C=O) groups excluding carboxylic acids is 1. The number of fused-ring (bicyclic) bond motifs is 2. The minimum absolute atomic E-state index is 0.00926. The van der Waals surface area contributed by atoms with Crippen molar-refractivity contribution in [1.29, 1.82) is 0 Å². The quantitative estimate of drug-likeness (QED) is 0.470. The van der Waals surface area contributed by atoms with E-state index in [2.05, 4.69) is 20.4 Å². The van der Waals surface area contributed by atoms with Gasteiger partial charge in [0, 0.05) is 24.2 Å². The Bertz CT molecular complexity index is 897. The summed E-state index contributed by atoms with van der Waals surface area (Å²) in [6.07, 6.45) is 0.724. The van der Waals surface area contributed by atoms with Crippen LogP contribution in [-0.4, -0.2) is 58.8 Å². The van der Waals surface area contributed by atoms with E-state index < -0.39 is 40.6 Å². The van der Waals surface area contributed by atoms with Crippen LogP contribution in [0.4, 0.5) is 0 Å². The largest absolute Gasteiger partial charge is 0.456 e. The molecule has 2 N–H and O–H groups in total. The van der Waals surface area contributed by atoms with E-state index in [1.54, 1.807) is 0 Å². The number of hydrogen-bond donors (Lipinski definition) is 2. The van der Waals surface area contributed by atoms with E-state index in [4.69, 9.17) is 18.9 Å². The fraction of sp³-hybridized carbons (Fsp3) is 0.880. The molecule has 7 aliphatic rings. The van der Waals surface area contributed by atoms with Crippen LogP contribution in [0.3, 0.4) is 0 Å². The maximum absolute atomic E-state index is 12.4. The molecular formula is C25H36O7. The fourth-order valence-corrected chi connectivity index (χ4v) is 9.38. The third-order valence-corrected chi connectivity index (χ3v) is 10.1. The van der Waals surface area contributed by atoms with Crippen molar-refractivity contribution in [2.75, 3.05) is 6.61 Å². The molecular weight excluding hydrogens is 412 g/mol. The molecule has 0 aromatic carbocycles. The predicted molar refractivity (Wildman–Crippen MR) is 113 cm³/mol. The van der Waals surface area contributed by atoms with Gasteiger partial charge in [0.25, 0.3) is 0 Å². The zero-order valence-electron chi connectivity index (χ0n) is 19.7. The highest BCUT2D eigenvalue weighted by atomic mass is 16.7. The molecule has 7 nitrogen and oxygen atoms in total. The Morgan fingerprint density at radius 2 is 1.91 bits per heavy atom. The summed E-state index contributed by atoms with van der Waals surface area (Å²) in [4.78, 5) is 12.3. The second-order valence-corrected chi connectivity index (χ2v) is 12.4. The van der Waals surface area contributed by atoms with E-state index in [9.17, 15) is 15.0 Å². The first-order chi connectivity index (χ1) is 14.8. The van der Waals surface area contributed by atoms with Crippen LogP contribution in [-0.2, 0) is 23.7 Å². The van der Waals surface area contributed by atoms with Crippen molar-refractivity contribution in [3.05, 3.63) is 12.2 Å². The number of rotatable bonds is 1. The van der Waals surface area contributed by atoms with E-state index in [0.29, 0.717) is 13.0 Å². The van der Waals surface area contributed by atoms with E-state index in [1.165, 1.54) is 6.92 Å². The van der Waals surface area contributed by atoms with Crippen LogP contribution >= 0.6 is 0 Å². The van der Waals surface area contributed by atoms with Crippen LogP contribution in [0.25, 0.3) is 0 Å². The topological polar surface area (TPSA) is 94.5 Å². The molecule has 32 heavy (non-hydrogen) atoms. The lowest BCUT2D eigenvalue weighted by Gasteiger charge is -2.75.